The van der Waals surface area contributed by atoms with Crippen molar-refractivity contribution in [2.24, 2.45) is 16.1 Å². The van der Waals surface area contributed by atoms with Crippen molar-refractivity contribution >= 4 is 11.8 Å². The van der Waals surface area contributed by atoms with Gasteiger partial charge in [0.05, 0.1) is 11.6 Å². The molecule has 2 aliphatic heterocycles. The Balaban J connectivity index is 1.14. The Hall–Kier alpha value is -3.72. The summed E-state index contributed by atoms with van der Waals surface area (Å²) in [6.07, 6.45) is 9.25. The lowest BCUT2D eigenvalue weighted by atomic mass is 9.91. The zero-order valence-corrected chi connectivity index (χ0v) is 19.8. The highest BCUT2D eigenvalue weighted by Crippen LogP contribution is 2.29. The number of carbonyl (C=O) groups excluding carboxylic acids is 2. The minimum absolute atomic E-state index is 0.0901. The van der Waals surface area contributed by atoms with E-state index in [1.54, 1.807) is 0 Å². The molecule has 0 radical (unpaired) electrons. The van der Waals surface area contributed by atoms with E-state index in [4.69, 9.17) is 4.52 Å². The van der Waals surface area contributed by atoms with Gasteiger partial charge >= 0.3 is 0 Å². The monoisotopic (exact) mass is 472 g/mol. The summed E-state index contributed by atoms with van der Waals surface area (Å²) in [6, 6.07) is 7.94. The lowest BCUT2D eigenvalue weighted by Crippen LogP contribution is -2.36. The first-order valence-corrected chi connectivity index (χ1v) is 12.0. The molecule has 1 aromatic heterocycles. The Kier molecular flexibility index (Phi) is 6.76. The Morgan fingerprint density at radius 1 is 1.09 bits per heavy atom. The van der Waals surface area contributed by atoms with Gasteiger partial charge < -0.3 is 9.42 Å². The van der Waals surface area contributed by atoms with E-state index in [1.807, 2.05) is 60.4 Å². The number of aryl methyl sites for hydroxylation is 2. The summed E-state index contributed by atoms with van der Waals surface area (Å²) < 4.78 is 5.37. The molecule has 35 heavy (non-hydrogen) atoms. The normalized spacial score (nSPS) is 20.3. The Morgan fingerprint density at radius 3 is 2.80 bits per heavy atom. The van der Waals surface area contributed by atoms with Crippen molar-refractivity contribution in [3.63, 3.8) is 0 Å². The number of hydrogen-bond acceptors (Lipinski definition) is 7. The number of rotatable bonds is 6. The molecule has 180 valence electrons. The van der Waals surface area contributed by atoms with E-state index in [0.29, 0.717) is 44.2 Å². The first kappa shape index (κ1) is 23.0. The highest BCUT2D eigenvalue weighted by molar-refractivity contribution is 5.86. The van der Waals surface area contributed by atoms with E-state index in [1.165, 1.54) is 5.56 Å². The number of benzene rings is 1. The van der Waals surface area contributed by atoms with E-state index < -0.39 is 0 Å². The molecule has 3 heterocycles. The van der Waals surface area contributed by atoms with Gasteiger partial charge in [-0.2, -0.15) is 10.1 Å². The fourth-order valence-corrected chi connectivity index (χ4v) is 4.52. The topological polar surface area (TPSA) is 104 Å². The number of azo groups is 1. The van der Waals surface area contributed by atoms with Crippen molar-refractivity contribution in [3.8, 4) is 11.4 Å². The Morgan fingerprint density at radius 2 is 1.94 bits per heavy atom. The summed E-state index contributed by atoms with van der Waals surface area (Å²) in [5.41, 5.74) is 3.82. The largest absolute Gasteiger partial charge is 0.341 e. The average molecular weight is 473 g/mol. The Labute approximate surface area is 203 Å². The zero-order valence-electron chi connectivity index (χ0n) is 19.8. The van der Waals surface area contributed by atoms with Crippen molar-refractivity contribution in [2.75, 3.05) is 32.7 Å². The van der Waals surface area contributed by atoms with Crippen molar-refractivity contribution in [2.45, 2.75) is 26.2 Å². The number of amides is 2. The van der Waals surface area contributed by atoms with Crippen molar-refractivity contribution in [3.05, 3.63) is 71.3 Å². The molecular formula is C26H28N6O3. The van der Waals surface area contributed by atoms with Gasteiger partial charge in [0.25, 0.3) is 5.91 Å². The van der Waals surface area contributed by atoms with Crippen molar-refractivity contribution in [1.29, 1.82) is 0 Å². The second kappa shape index (κ2) is 10.3. The molecule has 9 nitrogen and oxygen atoms in total. The molecule has 1 aromatic carbocycles. The average Bonchev–Trinajstić information content (AvgIpc) is 3.23. The Bertz CT molecular complexity index is 1220. The minimum Gasteiger partial charge on any atom is -0.341 e. The second-order valence-corrected chi connectivity index (χ2v) is 9.05. The second-order valence-electron chi connectivity index (χ2n) is 9.05. The van der Waals surface area contributed by atoms with Crippen LogP contribution >= 0.6 is 0 Å². The first-order chi connectivity index (χ1) is 17.1. The molecule has 5 rings (SSSR count). The van der Waals surface area contributed by atoms with Gasteiger partial charge in [-0.05, 0) is 18.9 Å². The van der Waals surface area contributed by atoms with Gasteiger partial charge in [0.2, 0.25) is 17.6 Å². The molecule has 2 aromatic rings. The molecule has 3 aliphatic rings. The van der Waals surface area contributed by atoms with Crippen molar-refractivity contribution in [1.82, 2.24) is 19.9 Å². The maximum absolute atomic E-state index is 12.9. The molecule has 0 N–H and O–H groups in total. The molecular weight excluding hydrogens is 444 g/mol. The molecule has 1 saturated heterocycles. The van der Waals surface area contributed by atoms with Crippen molar-refractivity contribution < 1.29 is 14.1 Å². The van der Waals surface area contributed by atoms with Gasteiger partial charge in [-0.3, -0.25) is 14.5 Å². The predicted octanol–water partition coefficient (Wildman–Crippen LogP) is 3.50. The summed E-state index contributed by atoms with van der Waals surface area (Å²) in [7, 11) is 0. The highest BCUT2D eigenvalue weighted by atomic mass is 16.5. The van der Waals surface area contributed by atoms with Crippen LogP contribution in [0.4, 0.5) is 0 Å². The number of allylic oxidation sites excluding steroid dienone is 3. The maximum atomic E-state index is 12.9. The summed E-state index contributed by atoms with van der Waals surface area (Å²) in [5.74, 6) is 0.561. The van der Waals surface area contributed by atoms with E-state index in [2.05, 4.69) is 25.3 Å². The summed E-state index contributed by atoms with van der Waals surface area (Å²) in [5, 5.41) is 12.1. The third-order valence-corrected chi connectivity index (χ3v) is 6.54. The van der Waals surface area contributed by atoms with Gasteiger partial charge in [0.15, 0.2) is 0 Å². The van der Waals surface area contributed by atoms with Gasteiger partial charge in [-0.15, -0.1) is 5.11 Å². The van der Waals surface area contributed by atoms with Crippen LogP contribution in [0.1, 0.15) is 24.3 Å². The number of nitrogens with zero attached hydrogens (tertiary/aromatic N) is 6. The van der Waals surface area contributed by atoms with Crippen LogP contribution in [-0.2, 0) is 16.0 Å². The standard InChI is InChI=1S/C26H28N6O3/c1-18-7-9-19(10-8-18)25-27-23(35-30-25)11-12-24(33)32-14-4-13-31(15-16-32)17-22-20-5-2-3-6-21(20)26(34)29-28-22/h2-3,5-10,21H,4,11-17H2,1H3. The number of carbonyl (C=O) groups is 2. The quantitative estimate of drug-likeness (QED) is 0.637. The third kappa shape index (κ3) is 5.35. The molecule has 2 amide bonds. The zero-order chi connectivity index (χ0) is 24.2. The maximum Gasteiger partial charge on any atom is 0.275 e. The van der Waals surface area contributed by atoms with Crippen LogP contribution in [0.25, 0.3) is 11.4 Å². The van der Waals surface area contributed by atoms with Gasteiger partial charge in [-0.1, -0.05) is 59.3 Å². The van der Waals surface area contributed by atoms with Gasteiger partial charge in [0.1, 0.15) is 0 Å². The molecule has 1 fully saturated rings. The summed E-state index contributed by atoms with van der Waals surface area (Å²) in [4.78, 5) is 33.5. The lowest BCUT2D eigenvalue weighted by molar-refractivity contribution is -0.131. The minimum atomic E-state index is -0.325. The molecule has 1 unspecified atom stereocenters. The summed E-state index contributed by atoms with van der Waals surface area (Å²) >= 11 is 0. The first-order valence-electron chi connectivity index (χ1n) is 12.0. The summed E-state index contributed by atoms with van der Waals surface area (Å²) in [6.45, 7) is 5.61. The van der Waals surface area contributed by atoms with Crippen LogP contribution in [0.15, 0.2) is 74.6 Å². The fourth-order valence-electron chi connectivity index (χ4n) is 4.52. The third-order valence-electron chi connectivity index (χ3n) is 6.54. The molecule has 0 bridgehead atoms. The van der Waals surface area contributed by atoms with Gasteiger partial charge in [-0.25, -0.2) is 0 Å². The molecule has 0 spiro atoms. The van der Waals surface area contributed by atoms with Crippen LogP contribution < -0.4 is 0 Å². The van der Waals surface area contributed by atoms with Crippen LogP contribution in [0.3, 0.4) is 0 Å². The van der Waals surface area contributed by atoms with Crippen LogP contribution in [0.5, 0.6) is 0 Å². The van der Waals surface area contributed by atoms with Crippen LogP contribution in [-0.4, -0.2) is 64.5 Å². The number of hydrogen-bond donors (Lipinski definition) is 0. The predicted molar refractivity (Wildman–Crippen MR) is 129 cm³/mol. The highest BCUT2D eigenvalue weighted by Gasteiger charge is 2.28. The van der Waals surface area contributed by atoms with E-state index in [0.717, 1.165) is 36.3 Å². The molecule has 9 heteroatoms. The van der Waals surface area contributed by atoms with E-state index >= 15 is 0 Å². The fraction of sp³-hybridized carbons (Fsp3) is 0.385. The number of fused-ring (bicyclic) bond motifs is 1. The number of aromatic nitrogens is 2. The molecule has 0 saturated carbocycles. The van der Waals surface area contributed by atoms with Crippen LogP contribution in [0.2, 0.25) is 0 Å². The SMILES string of the molecule is Cc1ccc(-c2noc(CCC(=O)N3CCCN(CC4=C5C=CC=CC5C(=O)N=N4)CC3)n2)cc1. The smallest absolute Gasteiger partial charge is 0.275 e. The van der Waals surface area contributed by atoms with Gasteiger partial charge in [0, 0.05) is 51.1 Å². The van der Waals surface area contributed by atoms with Crippen LogP contribution in [0, 0.1) is 12.8 Å². The van der Waals surface area contributed by atoms with E-state index in [-0.39, 0.29) is 17.7 Å². The van der Waals surface area contributed by atoms with E-state index in [9.17, 15) is 9.59 Å². The lowest BCUT2D eigenvalue weighted by Gasteiger charge is -2.25. The molecule has 1 atom stereocenters. The molecule has 1 aliphatic carbocycles.